The van der Waals surface area contributed by atoms with Crippen molar-refractivity contribution in [2.24, 2.45) is 0 Å². The molecule has 0 spiro atoms. The van der Waals surface area contributed by atoms with Gasteiger partial charge in [-0.2, -0.15) is 0 Å². The van der Waals surface area contributed by atoms with Crippen molar-refractivity contribution >= 4 is 14.0 Å². The molecule has 0 fully saturated rings. The van der Waals surface area contributed by atoms with E-state index < -0.39 is 0 Å². The van der Waals surface area contributed by atoms with Crippen molar-refractivity contribution in [1.82, 2.24) is 0 Å². The molecule has 15 heavy (non-hydrogen) atoms. The molecule has 0 N–H and O–H groups in total. The van der Waals surface area contributed by atoms with Crippen LogP contribution in [-0.4, -0.2) is 0 Å². The maximum Gasteiger partial charge on any atom is -0.0256 e. The summed E-state index contributed by atoms with van der Waals surface area (Å²) in [5, 5.41) is 3.44. The third kappa shape index (κ3) is 2.38. The molecule has 0 unspecified atom stereocenters. The second-order valence-corrected chi connectivity index (χ2v) is 5.81. The summed E-state index contributed by atoms with van der Waals surface area (Å²) in [4.78, 5) is 0. The van der Waals surface area contributed by atoms with E-state index in [1.807, 2.05) is 0 Å². The van der Waals surface area contributed by atoms with Crippen LogP contribution >= 0.6 is 7.92 Å². The Balaban J connectivity index is 1.98. The molecule has 0 nitrogen and oxygen atoms in total. The van der Waals surface area contributed by atoms with Crippen LogP contribution in [0.4, 0.5) is 0 Å². The Morgan fingerprint density at radius 3 is 2.13 bits per heavy atom. The third-order valence-electron chi connectivity index (χ3n) is 2.75. The fraction of sp³-hybridized carbons (Fsp3) is 0.286. The molecular weight excluding hydrogens is 199 g/mol. The van der Waals surface area contributed by atoms with E-state index in [4.69, 9.17) is 0 Å². The van der Waals surface area contributed by atoms with Crippen LogP contribution in [0, 0.1) is 0 Å². The molecule has 0 aromatic heterocycles. The standard InChI is InChI=1S/C14H17P/c1-3-13-14(4-2)15(13)11-10-12-8-6-5-7-9-12/h5-11H,3-4H2,1-2H3/b11-10+. The SMILES string of the molecule is CCC1=C(CC)P1/C=C/c1ccccc1. The zero-order chi connectivity index (χ0) is 10.7. The zero-order valence-corrected chi connectivity index (χ0v) is 10.3. The van der Waals surface area contributed by atoms with Gasteiger partial charge in [-0.25, -0.2) is 0 Å². The van der Waals surface area contributed by atoms with E-state index in [0.717, 1.165) is 0 Å². The van der Waals surface area contributed by atoms with Gasteiger partial charge in [0.25, 0.3) is 0 Å². The summed E-state index contributed by atoms with van der Waals surface area (Å²) < 4.78 is 0. The quantitative estimate of drug-likeness (QED) is 0.608. The molecule has 1 aliphatic rings. The third-order valence-corrected chi connectivity index (χ3v) is 5.31. The van der Waals surface area contributed by atoms with Gasteiger partial charge >= 0.3 is 0 Å². The Bertz CT molecular complexity index is 373. The molecule has 0 amide bonds. The second-order valence-electron chi connectivity index (χ2n) is 3.70. The van der Waals surface area contributed by atoms with Crippen molar-refractivity contribution < 1.29 is 0 Å². The summed E-state index contributed by atoms with van der Waals surface area (Å²) in [6.45, 7) is 4.54. The molecule has 1 aliphatic heterocycles. The van der Waals surface area contributed by atoms with Gasteiger partial charge in [0.2, 0.25) is 0 Å². The van der Waals surface area contributed by atoms with Crippen molar-refractivity contribution in [3.63, 3.8) is 0 Å². The Labute approximate surface area is 93.5 Å². The molecular formula is C14H17P. The maximum atomic E-state index is 2.41. The first-order valence-electron chi connectivity index (χ1n) is 5.61. The minimum atomic E-state index is 0.0516. The van der Waals surface area contributed by atoms with Crippen LogP contribution in [0.25, 0.3) is 6.08 Å². The van der Waals surface area contributed by atoms with Crippen LogP contribution in [0.3, 0.4) is 0 Å². The lowest BCUT2D eigenvalue weighted by Gasteiger charge is -1.93. The number of hydrogen-bond acceptors (Lipinski definition) is 0. The molecule has 2 rings (SSSR count). The lowest BCUT2D eigenvalue weighted by Crippen LogP contribution is -1.66. The summed E-state index contributed by atoms with van der Waals surface area (Å²) in [5.74, 6) is 2.41. The fourth-order valence-corrected chi connectivity index (χ4v) is 4.27. The van der Waals surface area contributed by atoms with E-state index in [9.17, 15) is 0 Å². The first kappa shape index (κ1) is 10.6. The lowest BCUT2D eigenvalue weighted by molar-refractivity contribution is 1.16. The van der Waals surface area contributed by atoms with Gasteiger partial charge in [-0.15, -0.1) is 0 Å². The smallest absolute Gasteiger partial charge is 0.0256 e. The first-order chi connectivity index (χ1) is 7.36. The Hall–Kier alpha value is -0.870. The van der Waals surface area contributed by atoms with Gasteiger partial charge in [-0.3, -0.25) is 0 Å². The Morgan fingerprint density at radius 1 is 1.00 bits per heavy atom. The maximum absolute atomic E-state index is 2.41. The van der Waals surface area contributed by atoms with Crippen LogP contribution in [0.5, 0.6) is 0 Å². The normalized spacial score (nSPS) is 16.4. The molecule has 0 saturated heterocycles. The van der Waals surface area contributed by atoms with Crippen molar-refractivity contribution in [2.45, 2.75) is 26.7 Å². The highest BCUT2D eigenvalue weighted by molar-refractivity contribution is 7.76. The highest BCUT2D eigenvalue weighted by Gasteiger charge is 2.30. The minimum absolute atomic E-state index is 0.0516. The van der Waals surface area contributed by atoms with Crippen molar-refractivity contribution in [3.8, 4) is 0 Å². The van der Waals surface area contributed by atoms with Crippen LogP contribution in [-0.2, 0) is 0 Å². The topological polar surface area (TPSA) is 0 Å². The zero-order valence-electron chi connectivity index (χ0n) is 9.40. The summed E-state index contributed by atoms with van der Waals surface area (Å²) in [6.07, 6.45) is 4.76. The van der Waals surface area contributed by atoms with E-state index in [2.05, 4.69) is 56.1 Å². The summed E-state index contributed by atoms with van der Waals surface area (Å²) in [5.41, 5.74) is 1.32. The predicted molar refractivity (Wildman–Crippen MR) is 70.0 cm³/mol. The number of hydrogen-bond donors (Lipinski definition) is 0. The average Bonchev–Trinajstić information content (AvgIpc) is 3.00. The number of rotatable bonds is 4. The van der Waals surface area contributed by atoms with Gasteiger partial charge in [0, 0.05) is 0 Å². The van der Waals surface area contributed by atoms with Crippen molar-refractivity contribution in [1.29, 1.82) is 0 Å². The predicted octanol–water partition coefficient (Wildman–Crippen LogP) is 5.18. The van der Waals surface area contributed by atoms with E-state index >= 15 is 0 Å². The van der Waals surface area contributed by atoms with Gasteiger partial charge in [-0.05, 0) is 37.0 Å². The van der Waals surface area contributed by atoms with Crippen LogP contribution in [0.1, 0.15) is 32.3 Å². The summed E-state index contributed by atoms with van der Waals surface area (Å²) in [6, 6.07) is 10.6. The van der Waals surface area contributed by atoms with Gasteiger partial charge < -0.3 is 0 Å². The molecule has 78 valence electrons. The highest BCUT2D eigenvalue weighted by Crippen LogP contribution is 2.72. The van der Waals surface area contributed by atoms with Gasteiger partial charge in [0.05, 0.1) is 0 Å². The minimum Gasteiger partial charge on any atom is -0.0622 e. The van der Waals surface area contributed by atoms with Crippen molar-refractivity contribution in [3.05, 3.63) is 52.3 Å². The van der Waals surface area contributed by atoms with Gasteiger partial charge in [0.15, 0.2) is 0 Å². The summed E-state index contributed by atoms with van der Waals surface area (Å²) in [7, 11) is 0.0516. The van der Waals surface area contributed by atoms with E-state index in [0.29, 0.717) is 0 Å². The van der Waals surface area contributed by atoms with Crippen LogP contribution in [0.15, 0.2) is 46.8 Å². The van der Waals surface area contributed by atoms with Gasteiger partial charge in [0.1, 0.15) is 0 Å². The fourth-order valence-electron chi connectivity index (χ4n) is 1.91. The summed E-state index contributed by atoms with van der Waals surface area (Å²) >= 11 is 0. The molecule has 0 saturated carbocycles. The first-order valence-corrected chi connectivity index (χ1v) is 7.02. The molecule has 1 aromatic rings. The number of benzene rings is 1. The van der Waals surface area contributed by atoms with E-state index in [-0.39, 0.29) is 7.92 Å². The molecule has 1 heteroatoms. The number of allylic oxidation sites excluding steroid dienone is 2. The average molecular weight is 216 g/mol. The molecule has 0 radical (unpaired) electrons. The second kappa shape index (κ2) is 4.77. The molecule has 1 aromatic carbocycles. The monoisotopic (exact) mass is 216 g/mol. The Kier molecular flexibility index (Phi) is 3.38. The van der Waals surface area contributed by atoms with Gasteiger partial charge in [-0.1, -0.05) is 56.1 Å². The molecule has 0 atom stereocenters. The van der Waals surface area contributed by atoms with Crippen molar-refractivity contribution in [2.75, 3.05) is 0 Å². The molecule has 0 aliphatic carbocycles. The Morgan fingerprint density at radius 2 is 1.60 bits per heavy atom. The largest absolute Gasteiger partial charge is 0.0622 e. The van der Waals surface area contributed by atoms with E-state index in [1.165, 1.54) is 18.4 Å². The molecule has 1 heterocycles. The molecule has 0 bridgehead atoms. The highest BCUT2D eigenvalue weighted by atomic mass is 31.1. The lowest BCUT2D eigenvalue weighted by atomic mass is 10.2. The van der Waals surface area contributed by atoms with Crippen LogP contribution < -0.4 is 0 Å². The van der Waals surface area contributed by atoms with E-state index in [1.54, 1.807) is 10.6 Å². The van der Waals surface area contributed by atoms with Crippen LogP contribution in [0.2, 0.25) is 0 Å².